The molecule has 0 aliphatic carbocycles. The van der Waals surface area contributed by atoms with Crippen LogP contribution in [-0.2, 0) is 11.3 Å². The lowest BCUT2D eigenvalue weighted by molar-refractivity contribution is 0.109. The number of aliphatic hydroxyl groups excluding tert-OH is 1. The maximum absolute atomic E-state index is 9.96. The summed E-state index contributed by atoms with van der Waals surface area (Å²) < 4.78 is 10.5. The lowest BCUT2D eigenvalue weighted by Crippen LogP contribution is -1.97. The van der Waals surface area contributed by atoms with E-state index in [9.17, 15) is 4.79 Å². The molecule has 0 bridgehead atoms. The second-order valence-electron chi connectivity index (χ2n) is 8.14. The topological polar surface area (TPSA) is 59.7 Å². The molecule has 1 aromatic heterocycles. The Morgan fingerprint density at radius 1 is 0.733 bits per heavy atom. The van der Waals surface area contributed by atoms with Gasteiger partial charge in [0.1, 0.15) is 12.4 Å². The van der Waals surface area contributed by atoms with Crippen molar-refractivity contribution in [2.75, 3.05) is 13.2 Å². The van der Waals surface area contributed by atoms with Gasteiger partial charge in [0.05, 0.1) is 0 Å². The minimum Gasteiger partial charge on any atom is -0.456 e. The first-order chi connectivity index (χ1) is 14.8. The number of ether oxygens (including phenoxy) is 1. The van der Waals surface area contributed by atoms with Crippen molar-refractivity contribution >= 4 is 6.29 Å². The maximum Gasteiger partial charge on any atom is 0.185 e. The van der Waals surface area contributed by atoms with Crippen molar-refractivity contribution in [2.45, 2.75) is 123 Å². The van der Waals surface area contributed by atoms with Gasteiger partial charge in [-0.2, -0.15) is 0 Å². The first-order valence-electron chi connectivity index (χ1n) is 12.5. The van der Waals surface area contributed by atoms with Crippen LogP contribution in [0.15, 0.2) is 16.5 Å². The molecular weight excluding hydrogens is 376 g/mol. The van der Waals surface area contributed by atoms with Gasteiger partial charge in [0, 0.05) is 13.2 Å². The van der Waals surface area contributed by atoms with Crippen molar-refractivity contribution in [3.05, 3.63) is 23.7 Å². The second-order valence-corrected chi connectivity index (χ2v) is 8.14. The van der Waals surface area contributed by atoms with Gasteiger partial charge in [-0.25, -0.2) is 0 Å². The molecule has 1 rings (SSSR count). The zero-order chi connectivity index (χ0) is 22.1. The molecule has 0 aliphatic rings. The Labute approximate surface area is 185 Å². The van der Waals surface area contributed by atoms with E-state index in [4.69, 9.17) is 14.3 Å². The Balaban J connectivity index is 0.000000769. The van der Waals surface area contributed by atoms with Crippen LogP contribution >= 0.6 is 0 Å². The van der Waals surface area contributed by atoms with Gasteiger partial charge in [0.25, 0.3) is 0 Å². The number of aldehydes is 1. The Morgan fingerprint density at radius 2 is 1.17 bits per heavy atom. The molecule has 0 aromatic carbocycles. The predicted molar refractivity (Wildman–Crippen MR) is 126 cm³/mol. The van der Waals surface area contributed by atoms with E-state index >= 15 is 0 Å². The third kappa shape index (κ3) is 20.2. The van der Waals surface area contributed by atoms with Crippen molar-refractivity contribution in [3.63, 3.8) is 0 Å². The molecule has 4 nitrogen and oxygen atoms in total. The first-order valence-corrected chi connectivity index (χ1v) is 12.5. The number of aliphatic hydroxyl groups is 1. The standard InChI is InChI=1S/C20H42O.C6H6O3/c1-3-5-7-9-11-13-15-17-19-21-20-18-16-14-12-10-8-6-4-2;7-3-5-1-2-6(4-8)9-5/h3-20H2,1-2H3;1-3,8H,4H2. The van der Waals surface area contributed by atoms with E-state index in [1.807, 2.05) is 0 Å². The van der Waals surface area contributed by atoms with Gasteiger partial charge in [-0.15, -0.1) is 0 Å². The number of hydrogen-bond acceptors (Lipinski definition) is 4. The lowest BCUT2D eigenvalue weighted by Gasteiger charge is -2.05. The molecule has 1 heterocycles. The lowest BCUT2D eigenvalue weighted by atomic mass is 10.1. The summed E-state index contributed by atoms with van der Waals surface area (Å²) in [6.45, 7) is 6.39. The van der Waals surface area contributed by atoms with Crippen LogP contribution in [0.5, 0.6) is 0 Å². The summed E-state index contributed by atoms with van der Waals surface area (Å²) >= 11 is 0. The quantitative estimate of drug-likeness (QED) is 0.171. The molecule has 0 spiro atoms. The zero-order valence-corrected chi connectivity index (χ0v) is 19.8. The first kappa shape index (κ1) is 28.9. The average Bonchev–Trinajstić information content (AvgIpc) is 3.25. The molecule has 1 N–H and O–H groups in total. The molecule has 4 heteroatoms. The smallest absolute Gasteiger partial charge is 0.185 e. The van der Waals surface area contributed by atoms with Gasteiger partial charge in [-0.05, 0) is 25.0 Å². The highest BCUT2D eigenvalue weighted by Gasteiger charge is 1.96. The van der Waals surface area contributed by atoms with Crippen LogP contribution in [0.25, 0.3) is 0 Å². The number of unbranched alkanes of at least 4 members (excludes halogenated alkanes) is 14. The second kappa shape index (κ2) is 24.1. The van der Waals surface area contributed by atoms with Crippen LogP contribution in [0.3, 0.4) is 0 Å². The van der Waals surface area contributed by atoms with E-state index in [0.717, 1.165) is 13.2 Å². The minimum absolute atomic E-state index is 0.159. The minimum atomic E-state index is -0.159. The van der Waals surface area contributed by atoms with Gasteiger partial charge < -0.3 is 14.3 Å². The van der Waals surface area contributed by atoms with Crippen molar-refractivity contribution in [2.24, 2.45) is 0 Å². The van der Waals surface area contributed by atoms with Crippen LogP contribution in [0, 0.1) is 0 Å². The maximum atomic E-state index is 9.96. The van der Waals surface area contributed by atoms with E-state index in [0.29, 0.717) is 12.0 Å². The summed E-state index contributed by atoms with van der Waals surface area (Å²) in [5, 5.41) is 8.44. The summed E-state index contributed by atoms with van der Waals surface area (Å²) in [5.41, 5.74) is 0. The third-order valence-electron chi connectivity index (χ3n) is 5.24. The molecule has 0 fully saturated rings. The third-order valence-corrected chi connectivity index (χ3v) is 5.24. The normalized spacial score (nSPS) is 10.6. The molecule has 0 saturated carbocycles. The summed E-state index contributed by atoms with van der Waals surface area (Å²) in [5.74, 6) is 0.663. The number of carbonyl (C=O) groups excluding carboxylic acids is 1. The number of hydrogen-bond donors (Lipinski definition) is 1. The van der Waals surface area contributed by atoms with Crippen molar-refractivity contribution in [1.29, 1.82) is 0 Å². The summed E-state index contributed by atoms with van der Waals surface area (Å²) in [6.07, 6.45) is 22.8. The Hall–Kier alpha value is -1.13. The molecular formula is C26H48O4. The highest BCUT2D eigenvalue weighted by molar-refractivity contribution is 5.70. The van der Waals surface area contributed by atoms with Crippen LogP contribution < -0.4 is 0 Å². The largest absolute Gasteiger partial charge is 0.456 e. The zero-order valence-electron chi connectivity index (χ0n) is 19.8. The Kier molecular flexibility index (Phi) is 23.2. The van der Waals surface area contributed by atoms with E-state index in [-0.39, 0.29) is 12.4 Å². The average molecular weight is 425 g/mol. The highest BCUT2D eigenvalue weighted by atomic mass is 16.5. The molecule has 176 valence electrons. The monoisotopic (exact) mass is 424 g/mol. The number of carbonyl (C=O) groups is 1. The molecule has 0 atom stereocenters. The van der Waals surface area contributed by atoms with Crippen LogP contribution in [0.1, 0.15) is 133 Å². The van der Waals surface area contributed by atoms with Gasteiger partial charge in [0.2, 0.25) is 0 Å². The molecule has 30 heavy (non-hydrogen) atoms. The van der Waals surface area contributed by atoms with E-state index < -0.39 is 0 Å². The summed E-state index contributed by atoms with van der Waals surface area (Å²) in [6, 6.07) is 3.07. The molecule has 0 saturated heterocycles. The van der Waals surface area contributed by atoms with E-state index in [1.54, 1.807) is 6.07 Å². The van der Waals surface area contributed by atoms with Crippen molar-refractivity contribution in [1.82, 2.24) is 0 Å². The number of rotatable bonds is 20. The van der Waals surface area contributed by atoms with Crippen LogP contribution in [0.2, 0.25) is 0 Å². The van der Waals surface area contributed by atoms with E-state index in [1.165, 1.54) is 109 Å². The van der Waals surface area contributed by atoms with Gasteiger partial charge >= 0.3 is 0 Å². The fourth-order valence-electron chi connectivity index (χ4n) is 3.32. The molecule has 1 aromatic rings. The SMILES string of the molecule is CCCCCCCCCCOCCCCCCCCCC.O=Cc1ccc(CO)o1. The van der Waals surface area contributed by atoms with Crippen molar-refractivity contribution in [3.8, 4) is 0 Å². The van der Waals surface area contributed by atoms with Crippen molar-refractivity contribution < 1.29 is 19.1 Å². The fourth-order valence-corrected chi connectivity index (χ4v) is 3.32. The highest BCUT2D eigenvalue weighted by Crippen LogP contribution is 2.10. The molecule has 0 radical (unpaired) electrons. The molecule has 0 amide bonds. The van der Waals surface area contributed by atoms with Crippen LogP contribution in [0.4, 0.5) is 0 Å². The fraction of sp³-hybridized carbons (Fsp3) is 0.808. The van der Waals surface area contributed by atoms with Gasteiger partial charge in [-0.3, -0.25) is 4.79 Å². The molecule has 0 aliphatic heterocycles. The summed E-state index contributed by atoms with van der Waals surface area (Å²) in [4.78, 5) is 9.96. The predicted octanol–water partition coefficient (Wildman–Crippen LogP) is 7.87. The van der Waals surface area contributed by atoms with Crippen LogP contribution in [-0.4, -0.2) is 24.6 Å². The van der Waals surface area contributed by atoms with Gasteiger partial charge in [-0.1, -0.05) is 104 Å². The Morgan fingerprint density at radius 3 is 1.50 bits per heavy atom. The Bertz CT molecular complexity index is 438. The van der Waals surface area contributed by atoms with Gasteiger partial charge in [0.15, 0.2) is 12.0 Å². The summed E-state index contributed by atoms with van der Waals surface area (Å²) in [7, 11) is 0. The number of furan rings is 1. The molecule has 0 unspecified atom stereocenters. The van der Waals surface area contributed by atoms with E-state index in [2.05, 4.69) is 13.8 Å².